The van der Waals surface area contributed by atoms with E-state index in [0.29, 0.717) is 12.5 Å². The second-order valence-electron chi connectivity index (χ2n) is 7.28. The van der Waals surface area contributed by atoms with Crippen molar-refractivity contribution in [3.05, 3.63) is 29.8 Å². The Bertz CT molecular complexity index is 563. The highest BCUT2D eigenvalue weighted by Gasteiger charge is 2.33. The predicted molar refractivity (Wildman–Crippen MR) is 94.2 cm³/mol. The van der Waals surface area contributed by atoms with Crippen LogP contribution in [0.4, 0.5) is 0 Å². The molecule has 24 heavy (non-hydrogen) atoms. The Balaban J connectivity index is 2.82. The highest BCUT2D eigenvalue weighted by Crippen LogP contribution is 2.27. The average Bonchev–Trinajstić information content (AvgIpc) is 2.52. The first-order valence-electron chi connectivity index (χ1n) is 8.27. The maximum Gasteiger partial charge on any atom is 0.308 e. The maximum atomic E-state index is 12.7. The number of carboxylic acid groups (broad SMARTS) is 1. The van der Waals surface area contributed by atoms with E-state index in [1.807, 2.05) is 38.1 Å². The summed E-state index contributed by atoms with van der Waals surface area (Å²) in [5.74, 6) is -0.372. The largest absolute Gasteiger partial charge is 0.493 e. The summed E-state index contributed by atoms with van der Waals surface area (Å²) in [5.41, 5.74) is 0.142. The van der Waals surface area contributed by atoms with Gasteiger partial charge in [0.2, 0.25) is 5.91 Å². The minimum atomic E-state index is -0.904. The van der Waals surface area contributed by atoms with E-state index < -0.39 is 17.3 Å². The fraction of sp³-hybridized carbons (Fsp3) is 0.579. The molecular formula is C19H29NO4. The Labute approximate surface area is 144 Å². The van der Waals surface area contributed by atoms with Gasteiger partial charge in [-0.15, -0.1) is 0 Å². The SMILES string of the molecule is CC(C)COc1ccc(C(C)(C)C(=O)N(C)CC(C)C(=O)O)cc1. The second-order valence-corrected chi connectivity index (χ2v) is 7.28. The summed E-state index contributed by atoms with van der Waals surface area (Å²) in [7, 11) is 1.64. The fourth-order valence-electron chi connectivity index (χ4n) is 2.40. The molecule has 134 valence electrons. The van der Waals surface area contributed by atoms with Crippen LogP contribution in [0.5, 0.6) is 5.75 Å². The first-order chi connectivity index (χ1) is 11.1. The zero-order valence-electron chi connectivity index (χ0n) is 15.5. The summed E-state index contributed by atoms with van der Waals surface area (Å²) < 4.78 is 5.66. The van der Waals surface area contributed by atoms with E-state index in [2.05, 4.69) is 13.8 Å². The smallest absolute Gasteiger partial charge is 0.308 e. The van der Waals surface area contributed by atoms with Crippen LogP contribution in [-0.2, 0) is 15.0 Å². The molecule has 0 heterocycles. The van der Waals surface area contributed by atoms with E-state index in [4.69, 9.17) is 9.84 Å². The number of nitrogens with zero attached hydrogens (tertiary/aromatic N) is 1. The van der Waals surface area contributed by atoms with Crippen molar-refractivity contribution in [3.8, 4) is 5.75 Å². The predicted octanol–water partition coefficient (Wildman–Crippen LogP) is 3.18. The van der Waals surface area contributed by atoms with Gasteiger partial charge in [0.15, 0.2) is 0 Å². The number of carbonyl (C=O) groups excluding carboxylic acids is 1. The molecule has 1 aromatic rings. The average molecular weight is 335 g/mol. The molecule has 1 N–H and O–H groups in total. The lowest BCUT2D eigenvalue weighted by Crippen LogP contribution is -2.43. The maximum absolute atomic E-state index is 12.7. The van der Waals surface area contributed by atoms with Gasteiger partial charge >= 0.3 is 5.97 Å². The highest BCUT2D eigenvalue weighted by molar-refractivity contribution is 5.87. The van der Waals surface area contributed by atoms with Gasteiger partial charge < -0.3 is 14.7 Å². The number of hydrogen-bond donors (Lipinski definition) is 1. The molecule has 1 atom stereocenters. The summed E-state index contributed by atoms with van der Waals surface area (Å²) in [6.45, 7) is 10.3. The molecule has 0 bridgehead atoms. The Hall–Kier alpha value is -2.04. The van der Waals surface area contributed by atoms with E-state index >= 15 is 0 Å². The molecule has 0 saturated carbocycles. The van der Waals surface area contributed by atoms with Crippen molar-refractivity contribution in [2.24, 2.45) is 11.8 Å². The van der Waals surface area contributed by atoms with Gasteiger partial charge in [-0.1, -0.05) is 32.9 Å². The van der Waals surface area contributed by atoms with Crippen LogP contribution in [0.2, 0.25) is 0 Å². The van der Waals surface area contributed by atoms with Crippen molar-refractivity contribution in [3.63, 3.8) is 0 Å². The van der Waals surface area contributed by atoms with Gasteiger partial charge in [0.1, 0.15) is 5.75 Å². The van der Waals surface area contributed by atoms with Gasteiger partial charge in [0.25, 0.3) is 0 Å². The number of amides is 1. The van der Waals surface area contributed by atoms with Gasteiger partial charge in [-0.25, -0.2) is 0 Å². The molecule has 5 nitrogen and oxygen atoms in total. The zero-order chi connectivity index (χ0) is 18.5. The molecule has 0 saturated heterocycles. The Morgan fingerprint density at radius 3 is 2.17 bits per heavy atom. The topological polar surface area (TPSA) is 66.8 Å². The van der Waals surface area contributed by atoms with Crippen LogP contribution in [0, 0.1) is 11.8 Å². The molecule has 0 aliphatic heterocycles. The van der Waals surface area contributed by atoms with Crippen molar-refractivity contribution in [1.29, 1.82) is 0 Å². The number of hydrogen-bond acceptors (Lipinski definition) is 3. The number of carboxylic acids is 1. The van der Waals surface area contributed by atoms with Crippen LogP contribution >= 0.6 is 0 Å². The lowest BCUT2D eigenvalue weighted by Gasteiger charge is -2.30. The van der Waals surface area contributed by atoms with E-state index in [0.717, 1.165) is 11.3 Å². The molecule has 1 unspecified atom stereocenters. The van der Waals surface area contributed by atoms with Gasteiger partial charge in [0.05, 0.1) is 17.9 Å². The van der Waals surface area contributed by atoms with Crippen molar-refractivity contribution in [2.75, 3.05) is 20.2 Å². The summed E-state index contributed by atoms with van der Waals surface area (Å²) in [4.78, 5) is 25.2. The lowest BCUT2D eigenvalue weighted by molar-refractivity contribution is -0.143. The van der Waals surface area contributed by atoms with Crippen LogP contribution in [-0.4, -0.2) is 42.1 Å². The molecule has 0 aliphatic carbocycles. The van der Waals surface area contributed by atoms with Crippen LogP contribution < -0.4 is 4.74 Å². The van der Waals surface area contributed by atoms with Crippen molar-refractivity contribution >= 4 is 11.9 Å². The third-order valence-corrected chi connectivity index (χ3v) is 4.01. The van der Waals surface area contributed by atoms with Crippen LogP contribution in [0.1, 0.15) is 40.2 Å². The molecule has 0 aromatic heterocycles. The van der Waals surface area contributed by atoms with E-state index in [-0.39, 0.29) is 12.5 Å². The zero-order valence-corrected chi connectivity index (χ0v) is 15.5. The Kier molecular flexibility index (Phi) is 6.81. The lowest BCUT2D eigenvalue weighted by atomic mass is 9.83. The minimum Gasteiger partial charge on any atom is -0.493 e. The highest BCUT2D eigenvalue weighted by atomic mass is 16.5. The summed E-state index contributed by atoms with van der Waals surface area (Å²) in [6, 6.07) is 7.52. The molecule has 0 fully saturated rings. The summed E-state index contributed by atoms with van der Waals surface area (Å²) in [6.07, 6.45) is 0. The molecule has 5 heteroatoms. The molecule has 0 radical (unpaired) electrons. The second kappa shape index (κ2) is 8.18. The summed E-state index contributed by atoms with van der Waals surface area (Å²) in [5, 5.41) is 9.00. The molecule has 1 amide bonds. The number of ether oxygens (including phenoxy) is 1. The normalized spacial score (nSPS) is 12.8. The third-order valence-electron chi connectivity index (χ3n) is 4.01. The number of likely N-dealkylation sites (N-methyl/N-ethyl adjacent to an activating group) is 1. The van der Waals surface area contributed by atoms with Crippen molar-refractivity contribution in [1.82, 2.24) is 4.90 Å². The standard InChI is InChI=1S/C19H29NO4/c1-13(2)12-24-16-9-7-15(8-10-16)19(4,5)18(23)20(6)11-14(3)17(21)22/h7-10,13-14H,11-12H2,1-6H3,(H,21,22). The number of rotatable bonds is 8. The van der Waals surface area contributed by atoms with Crippen molar-refractivity contribution in [2.45, 2.75) is 40.0 Å². The fourth-order valence-corrected chi connectivity index (χ4v) is 2.40. The molecule has 0 spiro atoms. The van der Waals surface area contributed by atoms with Gasteiger partial charge in [-0.3, -0.25) is 9.59 Å². The number of benzene rings is 1. The quantitative estimate of drug-likeness (QED) is 0.792. The summed E-state index contributed by atoms with van der Waals surface area (Å²) >= 11 is 0. The van der Waals surface area contributed by atoms with E-state index in [1.165, 1.54) is 4.90 Å². The molecule has 0 aliphatic rings. The minimum absolute atomic E-state index is 0.105. The Morgan fingerprint density at radius 2 is 1.71 bits per heavy atom. The van der Waals surface area contributed by atoms with Gasteiger partial charge in [-0.05, 0) is 37.5 Å². The van der Waals surface area contributed by atoms with Gasteiger partial charge in [-0.2, -0.15) is 0 Å². The Morgan fingerprint density at radius 1 is 1.17 bits per heavy atom. The van der Waals surface area contributed by atoms with E-state index in [9.17, 15) is 9.59 Å². The third kappa shape index (κ3) is 5.25. The van der Waals surface area contributed by atoms with Crippen LogP contribution in [0.25, 0.3) is 0 Å². The van der Waals surface area contributed by atoms with E-state index in [1.54, 1.807) is 14.0 Å². The molecule has 1 rings (SSSR count). The first-order valence-corrected chi connectivity index (χ1v) is 8.27. The molecular weight excluding hydrogens is 306 g/mol. The van der Waals surface area contributed by atoms with Crippen LogP contribution in [0.3, 0.4) is 0 Å². The van der Waals surface area contributed by atoms with Crippen molar-refractivity contribution < 1.29 is 19.4 Å². The monoisotopic (exact) mass is 335 g/mol. The molecule has 1 aromatic carbocycles. The first kappa shape index (κ1) is 20.0. The number of aliphatic carboxylic acids is 1. The van der Waals surface area contributed by atoms with Crippen LogP contribution in [0.15, 0.2) is 24.3 Å². The number of carbonyl (C=O) groups is 2. The van der Waals surface area contributed by atoms with Gasteiger partial charge in [0, 0.05) is 13.6 Å².